The van der Waals surface area contributed by atoms with Gasteiger partial charge in [0.2, 0.25) is 0 Å². The Hall–Kier alpha value is -3.59. The minimum atomic E-state index is -0.967. The van der Waals surface area contributed by atoms with Crippen LogP contribution in [0.25, 0.3) is 22.5 Å². The Morgan fingerprint density at radius 1 is 1.11 bits per heavy atom. The number of carboxylic acids is 1. The van der Waals surface area contributed by atoms with Gasteiger partial charge in [0.1, 0.15) is 4.88 Å². The Kier molecular flexibility index (Phi) is 4.58. The van der Waals surface area contributed by atoms with Gasteiger partial charge in [-0.2, -0.15) is 0 Å². The number of thiazole rings is 1. The van der Waals surface area contributed by atoms with Gasteiger partial charge in [-0.15, -0.1) is 5.10 Å². The number of carbonyl (C=O) groups is 1. The number of carboxylic acid groups (broad SMARTS) is 1. The molecule has 0 saturated heterocycles. The molecule has 134 valence electrons. The second-order valence-corrected chi connectivity index (χ2v) is 6.71. The van der Waals surface area contributed by atoms with Crippen molar-refractivity contribution < 1.29 is 9.90 Å². The fourth-order valence-electron chi connectivity index (χ4n) is 2.65. The number of H-pyrrole nitrogens is 1. The molecular weight excluding hydrogens is 364 g/mol. The first-order chi connectivity index (χ1) is 13.2. The van der Waals surface area contributed by atoms with E-state index < -0.39 is 5.97 Å². The van der Waals surface area contributed by atoms with E-state index in [0.717, 1.165) is 33.6 Å². The van der Waals surface area contributed by atoms with Crippen molar-refractivity contribution in [3.8, 4) is 22.5 Å². The summed E-state index contributed by atoms with van der Waals surface area (Å²) in [7, 11) is 0. The highest BCUT2D eigenvalue weighted by atomic mass is 32.1. The quantitative estimate of drug-likeness (QED) is 0.471. The number of aromatic nitrogens is 5. The third-order valence-corrected chi connectivity index (χ3v) is 4.90. The molecule has 9 heteroatoms. The number of hydrogen-bond acceptors (Lipinski definition) is 7. The van der Waals surface area contributed by atoms with Gasteiger partial charge in [0.25, 0.3) is 0 Å². The van der Waals surface area contributed by atoms with Crippen LogP contribution in [-0.2, 0) is 6.54 Å². The predicted octanol–water partition coefficient (Wildman–Crippen LogP) is 3.30. The summed E-state index contributed by atoms with van der Waals surface area (Å²) in [6, 6.07) is 16.0. The number of nitrogens with one attached hydrogen (secondary N) is 2. The minimum absolute atomic E-state index is 0.214. The summed E-state index contributed by atoms with van der Waals surface area (Å²) >= 11 is 1.12. The van der Waals surface area contributed by atoms with Crippen molar-refractivity contribution in [3.05, 3.63) is 65.2 Å². The van der Waals surface area contributed by atoms with Gasteiger partial charge in [-0.1, -0.05) is 59.9 Å². The summed E-state index contributed by atoms with van der Waals surface area (Å²) < 4.78 is 0. The highest BCUT2D eigenvalue weighted by molar-refractivity contribution is 7.17. The van der Waals surface area contributed by atoms with E-state index in [1.54, 1.807) is 0 Å². The molecular formula is C18H14N6O2S. The number of aromatic amines is 1. The molecule has 0 aliphatic heterocycles. The number of nitrogens with zero attached hydrogens (tertiary/aromatic N) is 4. The number of anilines is 1. The second-order valence-electron chi connectivity index (χ2n) is 5.68. The standard InChI is InChI=1S/C18H14N6O2S/c25-17(26)15-10-20-18(27-15)19-9-11-5-7-12(8-6-11)13-3-1-2-4-14(13)16-21-23-24-22-16/h1-8,10H,9H2,(H,19,20)(H,25,26)(H,21,22,23,24). The maximum atomic E-state index is 10.9. The van der Waals surface area contributed by atoms with Crippen LogP contribution in [0.5, 0.6) is 0 Å². The van der Waals surface area contributed by atoms with Crippen molar-refractivity contribution in [2.75, 3.05) is 5.32 Å². The highest BCUT2D eigenvalue weighted by Gasteiger charge is 2.10. The normalized spacial score (nSPS) is 10.7. The first-order valence-corrected chi connectivity index (χ1v) is 8.88. The van der Waals surface area contributed by atoms with E-state index in [1.807, 2.05) is 48.5 Å². The molecule has 27 heavy (non-hydrogen) atoms. The molecule has 2 heterocycles. The predicted molar refractivity (Wildman–Crippen MR) is 101 cm³/mol. The van der Waals surface area contributed by atoms with E-state index in [0.29, 0.717) is 17.5 Å². The summed E-state index contributed by atoms with van der Waals surface area (Å²) in [5.41, 5.74) is 4.07. The van der Waals surface area contributed by atoms with Crippen LogP contribution < -0.4 is 5.32 Å². The fourth-order valence-corrected chi connectivity index (χ4v) is 3.30. The van der Waals surface area contributed by atoms with Crippen LogP contribution in [0.1, 0.15) is 15.2 Å². The van der Waals surface area contributed by atoms with E-state index in [9.17, 15) is 4.79 Å². The van der Waals surface area contributed by atoms with Crippen LogP contribution in [-0.4, -0.2) is 36.7 Å². The van der Waals surface area contributed by atoms with Gasteiger partial charge >= 0.3 is 5.97 Å². The summed E-state index contributed by atoms with van der Waals surface area (Å²) in [6.45, 7) is 0.556. The fraction of sp³-hybridized carbons (Fsp3) is 0.0556. The SMILES string of the molecule is O=C(O)c1cnc(NCc2ccc(-c3ccccc3-c3nnn[nH]3)cc2)s1. The van der Waals surface area contributed by atoms with E-state index in [2.05, 4.69) is 30.9 Å². The Morgan fingerprint density at radius 2 is 1.89 bits per heavy atom. The van der Waals surface area contributed by atoms with Crippen molar-refractivity contribution in [3.63, 3.8) is 0 Å². The third kappa shape index (κ3) is 3.67. The van der Waals surface area contributed by atoms with E-state index in [4.69, 9.17) is 5.11 Å². The molecule has 0 spiro atoms. The van der Waals surface area contributed by atoms with Gasteiger partial charge in [-0.3, -0.25) is 0 Å². The second kappa shape index (κ2) is 7.34. The number of benzene rings is 2. The molecule has 0 amide bonds. The summed E-state index contributed by atoms with van der Waals surface area (Å²) in [6.07, 6.45) is 1.35. The zero-order chi connectivity index (χ0) is 18.6. The highest BCUT2D eigenvalue weighted by Crippen LogP contribution is 2.29. The van der Waals surface area contributed by atoms with Crippen LogP contribution in [0.3, 0.4) is 0 Å². The molecule has 0 atom stereocenters. The van der Waals surface area contributed by atoms with Crippen LogP contribution in [0, 0.1) is 0 Å². The molecule has 2 aromatic heterocycles. The smallest absolute Gasteiger partial charge is 0.347 e. The molecule has 2 aromatic carbocycles. The summed E-state index contributed by atoms with van der Waals surface area (Å²) in [5, 5.41) is 26.7. The van der Waals surface area contributed by atoms with Gasteiger partial charge in [-0.05, 0) is 27.1 Å². The zero-order valence-corrected chi connectivity index (χ0v) is 14.8. The van der Waals surface area contributed by atoms with Gasteiger partial charge < -0.3 is 10.4 Å². The summed E-state index contributed by atoms with van der Waals surface area (Å²) in [5.74, 6) is -0.347. The molecule has 4 rings (SSSR count). The van der Waals surface area contributed by atoms with E-state index in [1.165, 1.54) is 6.20 Å². The van der Waals surface area contributed by atoms with Crippen molar-refractivity contribution >= 4 is 22.4 Å². The first kappa shape index (κ1) is 16.9. The topological polar surface area (TPSA) is 117 Å². The van der Waals surface area contributed by atoms with Crippen molar-refractivity contribution in [1.29, 1.82) is 0 Å². The van der Waals surface area contributed by atoms with Crippen molar-refractivity contribution in [2.45, 2.75) is 6.54 Å². The molecule has 0 aliphatic carbocycles. The maximum absolute atomic E-state index is 10.9. The maximum Gasteiger partial charge on any atom is 0.347 e. The van der Waals surface area contributed by atoms with Crippen molar-refractivity contribution in [2.24, 2.45) is 0 Å². The first-order valence-electron chi connectivity index (χ1n) is 8.06. The molecule has 4 aromatic rings. The lowest BCUT2D eigenvalue weighted by Crippen LogP contribution is -1.98. The van der Waals surface area contributed by atoms with Gasteiger partial charge in [-0.25, -0.2) is 14.9 Å². The number of aromatic carboxylic acids is 1. The van der Waals surface area contributed by atoms with Gasteiger partial charge in [0, 0.05) is 12.1 Å². The van der Waals surface area contributed by atoms with Gasteiger partial charge in [0.05, 0.1) is 6.20 Å². The Balaban J connectivity index is 1.50. The average Bonchev–Trinajstić information content (AvgIpc) is 3.39. The van der Waals surface area contributed by atoms with Crippen LogP contribution in [0.2, 0.25) is 0 Å². The lowest BCUT2D eigenvalue weighted by atomic mass is 9.98. The monoisotopic (exact) mass is 378 g/mol. The summed E-state index contributed by atoms with van der Waals surface area (Å²) in [4.78, 5) is 15.2. The minimum Gasteiger partial charge on any atom is -0.477 e. The van der Waals surface area contributed by atoms with Crippen LogP contribution in [0.4, 0.5) is 5.13 Å². The largest absolute Gasteiger partial charge is 0.477 e. The van der Waals surface area contributed by atoms with Crippen LogP contribution >= 0.6 is 11.3 Å². The van der Waals surface area contributed by atoms with E-state index >= 15 is 0 Å². The molecule has 0 fully saturated rings. The molecule has 8 nitrogen and oxygen atoms in total. The molecule has 3 N–H and O–H groups in total. The molecule has 0 radical (unpaired) electrons. The molecule has 0 unspecified atom stereocenters. The van der Waals surface area contributed by atoms with Crippen LogP contribution in [0.15, 0.2) is 54.7 Å². The number of hydrogen-bond donors (Lipinski definition) is 3. The third-order valence-electron chi connectivity index (χ3n) is 3.95. The van der Waals surface area contributed by atoms with Gasteiger partial charge in [0.15, 0.2) is 11.0 Å². The molecule has 0 bridgehead atoms. The lowest BCUT2D eigenvalue weighted by Gasteiger charge is -2.08. The Labute approximate surface area is 157 Å². The average molecular weight is 378 g/mol. The Morgan fingerprint density at radius 3 is 2.56 bits per heavy atom. The van der Waals surface area contributed by atoms with E-state index in [-0.39, 0.29) is 4.88 Å². The molecule has 0 saturated carbocycles. The molecule has 0 aliphatic rings. The lowest BCUT2D eigenvalue weighted by molar-refractivity contribution is 0.0702. The van der Waals surface area contributed by atoms with Crippen molar-refractivity contribution in [1.82, 2.24) is 25.6 Å². The number of rotatable bonds is 6. The zero-order valence-electron chi connectivity index (χ0n) is 14.0. The Bertz CT molecular complexity index is 1060. The number of tetrazole rings is 1.